The average Bonchev–Trinajstić information content (AvgIpc) is 2.43. The van der Waals surface area contributed by atoms with Gasteiger partial charge < -0.3 is 15.8 Å². The predicted molar refractivity (Wildman–Crippen MR) is 81.0 cm³/mol. The number of ether oxygens (including phenoxy) is 1. The lowest BCUT2D eigenvalue weighted by Gasteiger charge is -2.09. The van der Waals surface area contributed by atoms with Crippen LogP contribution >= 0.6 is 11.6 Å². The van der Waals surface area contributed by atoms with Gasteiger partial charge in [-0.3, -0.25) is 4.79 Å². The highest BCUT2D eigenvalue weighted by Gasteiger charge is 2.10. The molecule has 6 heteroatoms. The predicted octanol–water partition coefficient (Wildman–Crippen LogP) is 3.47. The molecule has 0 aliphatic carbocycles. The lowest BCUT2D eigenvalue weighted by atomic mass is 10.3. The van der Waals surface area contributed by atoms with Crippen molar-refractivity contribution in [3.8, 4) is 5.75 Å². The Morgan fingerprint density at radius 3 is 2.76 bits per heavy atom. The van der Waals surface area contributed by atoms with Crippen molar-refractivity contribution < 1.29 is 13.9 Å². The molecule has 2 rings (SSSR count). The zero-order valence-electron chi connectivity index (χ0n) is 11.1. The van der Waals surface area contributed by atoms with E-state index in [1.807, 2.05) is 0 Å². The van der Waals surface area contributed by atoms with E-state index in [0.717, 1.165) is 0 Å². The van der Waals surface area contributed by atoms with Crippen LogP contribution in [-0.2, 0) is 4.79 Å². The monoisotopic (exact) mass is 308 g/mol. The molecule has 0 aliphatic heterocycles. The number of nitrogen functional groups attached to an aromatic ring is 1. The summed E-state index contributed by atoms with van der Waals surface area (Å²) in [4.78, 5) is 11.7. The topological polar surface area (TPSA) is 64.3 Å². The number of nitrogens with one attached hydrogen (secondary N) is 1. The van der Waals surface area contributed by atoms with Crippen LogP contribution in [0.4, 0.5) is 15.8 Å². The Hall–Kier alpha value is -2.27. The smallest absolute Gasteiger partial charge is 0.227 e. The molecule has 2 aromatic rings. The molecule has 0 heterocycles. The molecular weight excluding hydrogens is 295 g/mol. The van der Waals surface area contributed by atoms with Crippen molar-refractivity contribution in [3.05, 3.63) is 53.3 Å². The van der Waals surface area contributed by atoms with E-state index in [1.165, 1.54) is 18.2 Å². The number of anilines is 2. The van der Waals surface area contributed by atoms with Crippen molar-refractivity contribution in [3.63, 3.8) is 0 Å². The summed E-state index contributed by atoms with van der Waals surface area (Å²) in [5.74, 6) is -0.384. The summed E-state index contributed by atoms with van der Waals surface area (Å²) in [6, 6.07) is 11.1. The fourth-order valence-corrected chi connectivity index (χ4v) is 1.90. The first-order valence-electron chi connectivity index (χ1n) is 6.28. The minimum Gasteiger partial charge on any atom is -0.493 e. The number of carbonyl (C=O) groups excluding carboxylic acids is 1. The standard InChI is InChI=1S/C15H14ClFN2O2/c16-12-5-2-6-13(17)15(12)19-14(20)7-8-21-11-4-1-3-10(18)9-11/h1-6,9H,7-8,18H2,(H,19,20). The SMILES string of the molecule is Nc1cccc(OCCC(=O)Nc2c(F)cccc2Cl)c1. The maximum atomic E-state index is 13.5. The Morgan fingerprint density at radius 2 is 2.05 bits per heavy atom. The third-order valence-electron chi connectivity index (χ3n) is 2.68. The van der Waals surface area contributed by atoms with Gasteiger partial charge in [-0.2, -0.15) is 0 Å². The number of carbonyl (C=O) groups is 1. The first kappa shape index (κ1) is 15.1. The Labute approximate surface area is 126 Å². The highest BCUT2D eigenvalue weighted by molar-refractivity contribution is 6.33. The molecule has 0 spiro atoms. The highest BCUT2D eigenvalue weighted by Crippen LogP contribution is 2.24. The van der Waals surface area contributed by atoms with Gasteiger partial charge in [-0.1, -0.05) is 23.7 Å². The minimum atomic E-state index is -0.576. The van der Waals surface area contributed by atoms with Gasteiger partial charge in [0.25, 0.3) is 0 Å². The van der Waals surface area contributed by atoms with Crippen LogP contribution in [0.1, 0.15) is 6.42 Å². The van der Waals surface area contributed by atoms with E-state index < -0.39 is 5.82 Å². The highest BCUT2D eigenvalue weighted by atomic mass is 35.5. The second-order valence-corrected chi connectivity index (χ2v) is 4.72. The molecule has 0 radical (unpaired) electrons. The number of para-hydroxylation sites is 1. The van der Waals surface area contributed by atoms with Gasteiger partial charge in [0.1, 0.15) is 11.6 Å². The third-order valence-corrected chi connectivity index (χ3v) is 3.00. The quantitative estimate of drug-likeness (QED) is 0.831. The zero-order valence-corrected chi connectivity index (χ0v) is 11.9. The summed E-state index contributed by atoms with van der Waals surface area (Å²) in [6.07, 6.45) is 0.0689. The van der Waals surface area contributed by atoms with E-state index in [4.69, 9.17) is 22.1 Å². The van der Waals surface area contributed by atoms with Gasteiger partial charge in [0.05, 0.1) is 23.7 Å². The van der Waals surface area contributed by atoms with Gasteiger partial charge in [-0.25, -0.2) is 4.39 Å². The molecule has 0 saturated carbocycles. The van der Waals surface area contributed by atoms with Gasteiger partial charge in [0, 0.05) is 11.8 Å². The zero-order chi connectivity index (χ0) is 15.2. The summed E-state index contributed by atoms with van der Waals surface area (Å²) >= 11 is 5.82. The van der Waals surface area contributed by atoms with Crippen molar-refractivity contribution in [2.45, 2.75) is 6.42 Å². The van der Waals surface area contributed by atoms with Crippen molar-refractivity contribution in [1.82, 2.24) is 0 Å². The van der Waals surface area contributed by atoms with Crippen LogP contribution in [0.2, 0.25) is 5.02 Å². The van der Waals surface area contributed by atoms with Crippen molar-refractivity contribution in [2.24, 2.45) is 0 Å². The Balaban J connectivity index is 1.85. The van der Waals surface area contributed by atoms with Crippen LogP contribution in [-0.4, -0.2) is 12.5 Å². The van der Waals surface area contributed by atoms with Crippen LogP contribution in [0.15, 0.2) is 42.5 Å². The molecule has 0 fully saturated rings. The summed E-state index contributed by atoms with van der Waals surface area (Å²) in [6.45, 7) is 0.154. The van der Waals surface area contributed by atoms with E-state index >= 15 is 0 Å². The third kappa shape index (κ3) is 4.36. The number of hydrogen-bond donors (Lipinski definition) is 2. The number of benzene rings is 2. The van der Waals surface area contributed by atoms with Crippen LogP contribution in [0.25, 0.3) is 0 Å². The molecule has 0 aliphatic rings. The van der Waals surface area contributed by atoms with E-state index in [-0.39, 0.29) is 29.6 Å². The first-order valence-corrected chi connectivity index (χ1v) is 6.66. The van der Waals surface area contributed by atoms with Crippen molar-refractivity contribution >= 4 is 28.9 Å². The molecule has 0 saturated heterocycles. The molecule has 0 aromatic heterocycles. The number of amides is 1. The Morgan fingerprint density at radius 1 is 1.29 bits per heavy atom. The maximum absolute atomic E-state index is 13.5. The minimum absolute atomic E-state index is 0.0203. The average molecular weight is 309 g/mol. The number of rotatable bonds is 5. The largest absolute Gasteiger partial charge is 0.493 e. The van der Waals surface area contributed by atoms with E-state index in [9.17, 15) is 9.18 Å². The molecule has 0 bridgehead atoms. The van der Waals surface area contributed by atoms with Crippen molar-refractivity contribution in [2.75, 3.05) is 17.7 Å². The second kappa shape index (κ2) is 6.95. The fraction of sp³-hybridized carbons (Fsp3) is 0.133. The van der Waals surface area contributed by atoms with Crippen LogP contribution in [0.5, 0.6) is 5.75 Å². The van der Waals surface area contributed by atoms with E-state index in [2.05, 4.69) is 5.32 Å². The first-order chi connectivity index (χ1) is 10.1. The van der Waals surface area contributed by atoms with Gasteiger partial charge in [-0.05, 0) is 24.3 Å². The van der Waals surface area contributed by atoms with Crippen molar-refractivity contribution in [1.29, 1.82) is 0 Å². The molecule has 0 atom stereocenters. The normalized spacial score (nSPS) is 10.2. The summed E-state index contributed by atoms with van der Waals surface area (Å²) in [5.41, 5.74) is 6.17. The van der Waals surface area contributed by atoms with E-state index in [1.54, 1.807) is 24.3 Å². The van der Waals surface area contributed by atoms with Gasteiger partial charge in [-0.15, -0.1) is 0 Å². The van der Waals surface area contributed by atoms with Crippen LogP contribution in [0.3, 0.4) is 0 Å². The lowest BCUT2D eigenvalue weighted by molar-refractivity contribution is -0.116. The molecule has 110 valence electrons. The van der Waals surface area contributed by atoms with Gasteiger partial charge in [0.15, 0.2) is 0 Å². The summed E-state index contributed by atoms with van der Waals surface area (Å²) < 4.78 is 18.9. The summed E-state index contributed by atoms with van der Waals surface area (Å²) in [5, 5.41) is 2.58. The van der Waals surface area contributed by atoms with Gasteiger partial charge in [0.2, 0.25) is 5.91 Å². The lowest BCUT2D eigenvalue weighted by Crippen LogP contribution is -2.16. The second-order valence-electron chi connectivity index (χ2n) is 4.32. The molecule has 21 heavy (non-hydrogen) atoms. The summed E-state index contributed by atoms with van der Waals surface area (Å²) in [7, 11) is 0. The number of halogens is 2. The Kier molecular flexibility index (Phi) is 5.00. The molecule has 2 aromatic carbocycles. The van der Waals surface area contributed by atoms with Crippen LogP contribution in [0, 0.1) is 5.82 Å². The maximum Gasteiger partial charge on any atom is 0.227 e. The number of hydrogen-bond acceptors (Lipinski definition) is 3. The molecule has 4 nitrogen and oxygen atoms in total. The molecule has 3 N–H and O–H groups in total. The Bertz CT molecular complexity index is 629. The van der Waals surface area contributed by atoms with Crippen LogP contribution < -0.4 is 15.8 Å². The van der Waals surface area contributed by atoms with E-state index in [0.29, 0.717) is 11.4 Å². The molecule has 1 amide bonds. The molecular formula is C15H14ClFN2O2. The van der Waals surface area contributed by atoms with Gasteiger partial charge >= 0.3 is 0 Å². The number of nitrogens with two attached hydrogens (primary N) is 1. The molecule has 0 unspecified atom stereocenters. The fourth-order valence-electron chi connectivity index (χ4n) is 1.69.